The topological polar surface area (TPSA) is 69.3 Å². The van der Waals surface area contributed by atoms with Crippen LogP contribution in [0.25, 0.3) is 5.65 Å². The van der Waals surface area contributed by atoms with Crippen molar-refractivity contribution in [2.75, 3.05) is 5.73 Å². The molecule has 0 aromatic carbocycles. The van der Waals surface area contributed by atoms with Crippen molar-refractivity contribution in [1.29, 1.82) is 0 Å². The van der Waals surface area contributed by atoms with Crippen LogP contribution in [-0.4, -0.2) is 9.38 Å². The lowest BCUT2D eigenvalue weighted by molar-refractivity contribution is 0.966. The van der Waals surface area contributed by atoms with E-state index in [-0.39, 0.29) is 0 Å². The summed E-state index contributed by atoms with van der Waals surface area (Å²) in [6.07, 6.45) is 1.74. The average Bonchev–Trinajstić information content (AvgIpc) is 2.49. The Labute approximate surface area is 69.8 Å². The van der Waals surface area contributed by atoms with Crippen LogP contribution in [0.2, 0.25) is 0 Å². The van der Waals surface area contributed by atoms with E-state index in [2.05, 4.69) is 4.98 Å². The fraction of sp³-hybridized carbons (Fsp3) is 0.125. The number of rotatable bonds is 1. The monoisotopic (exact) mass is 162 g/mol. The van der Waals surface area contributed by atoms with Gasteiger partial charge in [0.05, 0.1) is 11.9 Å². The molecule has 12 heavy (non-hydrogen) atoms. The molecule has 4 nitrogen and oxygen atoms in total. The van der Waals surface area contributed by atoms with Gasteiger partial charge in [-0.3, -0.25) is 4.40 Å². The Kier molecular flexibility index (Phi) is 1.48. The number of nitrogens with zero attached hydrogens (tertiary/aromatic N) is 2. The van der Waals surface area contributed by atoms with Crippen LogP contribution < -0.4 is 11.5 Å². The number of nitrogens with two attached hydrogens (primary N) is 2. The molecule has 4 heteroatoms. The average molecular weight is 162 g/mol. The van der Waals surface area contributed by atoms with Gasteiger partial charge in [-0.05, 0) is 12.1 Å². The van der Waals surface area contributed by atoms with E-state index in [0.717, 1.165) is 11.3 Å². The fourth-order valence-electron chi connectivity index (χ4n) is 1.27. The number of hydrogen-bond acceptors (Lipinski definition) is 3. The van der Waals surface area contributed by atoms with E-state index in [1.807, 2.05) is 22.6 Å². The second-order valence-corrected chi connectivity index (χ2v) is 2.60. The number of anilines is 1. The fourth-order valence-corrected chi connectivity index (χ4v) is 1.27. The lowest BCUT2D eigenvalue weighted by Crippen LogP contribution is -2.04. The lowest BCUT2D eigenvalue weighted by Gasteiger charge is -2.01. The minimum Gasteiger partial charge on any atom is -0.385 e. The quantitative estimate of drug-likeness (QED) is 0.636. The summed E-state index contributed by atoms with van der Waals surface area (Å²) in [6.45, 7) is 0.454. The van der Waals surface area contributed by atoms with Crippen LogP contribution in [-0.2, 0) is 6.54 Å². The molecular formula is C8H10N4. The summed E-state index contributed by atoms with van der Waals surface area (Å²) in [5, 5.41) is 0. The standard InChI is InChI=1S/C8H10N4/c9-4-6-5-11-8-3-1-2-7(10)12(6)8/h1-3,5H,4,9-10H2. The molecule has 0 fully saturated rings. The van der Waals surface area contributed by atoms with E-state index in [1.54, 1.807) is 6.20 Å². The van der Waals surface area contributed by atoms with Gasteiger partial charge in [0.15, 0.2) is 0 Å². The molecule has 0 aliphatic rings. The summed E-state index contributed by atoms with van der Waals surface area (Å²) in [6, 6.07) is 5.60. The highest BCUT2D eigenvalue weighted by Gasteiger charge is 2.02. The summed E-state index contributed by atoms with van der Waals surface area (Å²) < 4.78 is 1.85. The number of hydrogen-bond donors (Lipinski definition) is 2. The molecule has 0 aliphatic carbocycles. The minimum atomic E-state index is 0.454. The maximum atomic E-state index is 5.74. The Morgan fingerprint density at radius 2 is 2.25 bits per heavy atom. The summed E-state index contributed by atoms with van der Waals surface area (Å²) in [5.74, 6) is 0.672. The normalized spacial score (nSPS) is 10.8. The summed E-state index contributed by atoms with van der Waals surface area (Å²) in [5.41, 5.74) is 13.0. The number of pyridine rings is 1. The lowest BCUT2D eigenvalue weighted by atomic mass is 10.4. The second-order valence-electron chi connectivity index (χ2n) is 2.60. The molecule has 0 aliphatic heterocycles. The smallest absolute Gasteiger partial charge is 0.138 e. The summed E-state index contributed by atoms with van der Waals surface area (Å²) >= 11 is 0. The highest BCUT2D eigenvalue weighted by Crippen LogP contribution is 2.11. The van der Waals surface area contributed by atoms with Gasteiger partial charge >= 0.3 is 0 Å². The molecule has 2 aromatic heterocycles. The van der Waals surface area contributed by atoms with Gasteiger partial charge in [-0.2, -0.15) is 0 Å². The first-order chi connectivity index (χ1) is 5.83. The van der Waals surface area contributed by atoms with Gasteiger partial charge in [-0.1, -0.05) is 6.07 Å². The van der Waals surface area contributed by atoms with Crippen LogP contribution in [0.3, 0.4) is 0 Å². The van der Waals surface area contributed by atoms with Crippen LogP contribution in [0.4, 0.5) is 5.82 Å². The zero-order valence-corrected chi connectivity index (χ0v) is 6.57. The molecule has 2 heterocycles. The molecule has 0 amide bonds. The van der Waals surface area contributed by atoms with Crippen molar-refractivity contribution >= 4 is 11.5 Å². The molecule has 0 saturated carbocycles. The van der Waals surface area contributed by atoms with Gasteiger partial charge in [0.25, 0.3) is 0 Å². The highest BCUT2D eigenvalue weighted by atomic mass is 15.1. The van der Waals surface area contributed by atoms with E-state index in [1.165, 1.54) is 0 Å². The predicted octanol–water partition coefficient (Wildman–Crippen LogP) is 0.375. The Morgan fingerprint density at radius 3 is 3.00 bits per heavy atom. The molecule has 0 bridgehead atoms. The molecule has 4 N–H and O–H groups in total. The number of fused-ring (bicyclic) bond motifs is 1. The Hall–Kier alpha value is -1.55. The van der Waals surface area contributed by atoms with Gasteiger partial charge in [0, 0.05) is 6.54 Å². The van der Waals surface area contributed by atoms with E-state index < -0.39 is 0 Å². The van der Waals surface area contributed by atoms with E-state index in [0.29, 0.717) is 12.4 Å². The Morgan fingerprint density at radius 1 is 1.42 bits per heavy atom. The van der Waals surface area contributed by atoms with Crippen LogP contribution >= 0.6 is 0 Å². The molecule has 2 aromatic rings. The largest absolute Gasteiger partial charge is 0.385 e. The van der Waals surface area contributed by atoms with Crippen molar-refractivity contribution in [1.82, 2.24) is 9.38 Å². The first kappa shape index (κ1) is 7.12. The van der Waals surface area contributed by atoms with Gasteiger partial charge < -0.3 is 11.5 Å². The third-order valence-corrected chi connectivity index (χ3v) is 1.84. The van der Waals surface area contributed by atoms with Crippen molar-refractivity contribution in [3.63, 3.8) is 0 Å². The molecule has 0 atom stereocenters. The van der Waals surface area contributed by atoms with Crippen LogP contribution in [0.5, 0.6) is 0 Å². The summed E-state index contributed by atoms with van der Waals surface area (Å²) in [7, 11) is 0. The van der Waals surface area contributed by atoms with Crippen LogP contribution in [0.15, 0.2) is 24.4 Å². The molecule has 2 rings (SSSR count). The van der Waals surface area contributed by atoms with Gasteiger partial charge in [0.1, 0.15) is 11.5 Å². The Bertz CT molecular complexity index is 404. The van der Waals surface area contributed by atoms with Crippen LogP contribution in [0.1, 0.15) is 5.69 Å². The predicted molar refractivity (Wildman–Crippen MR) is 47.5 cm³/mol. The first-order valence-corrected chi connectivity index (χ1v) is 3.74. The summed E-state index contributed by atoms with van der Waals surface area (Å²) in [4.78, 5) is 4.15. The van der Waals surface area contributed by atoms with E-state index in [9.17, 15) is 0 Å². The first-order valence-electron chi connectivity index (χ1n) is 3.74. The Balaban J connectivity index is 2.83. The number of imidazole rings is 1. The molecular weight excluding hydrogens is 152 g/mol. The molecule has 0 unspecified atom stereocenters. The molecule has 0 saturated heterocycles. The van der Waals surface area contributed by atoms with E-state index in [4.69, 9.17) is 11.5 Å². The van der Waals surface area contributed by atoms with Crippen molar-refractivity contribution in [3.8, 4) is 0 Å². The SMILES string of the molecule is NCc1cnc2cccc(N)n12. The van der Waals surface area contributed by atoms with Crippen LogP contribution in [0, 0.1) is 0 Å². The van der Waals surface area contributed by atoms with Crippen molar-refractivity contribution < 1.29 is 0 Å². The van der Waals surface area contributed by atoms with Crippen molar-refractivity contribution in [2.24, 2.45) is 5.73 Å². The second kappa shape index (κ2) is 2.49. The van der Waals surface area contributed by atoms with Gasteiger partial charge in [-0.25, -0.2) is 4.98 Å². The zero-order chi connectivity index (χ0) is 8.55. The maximum absolute atomic E-state index is 5.74. The number of aromatic nitrogens is 2. The zero-order valence-electron chi connectivity index (χ0n) is 6.57. The third kappa shape index (κ3) is 0.853. The van der Waals surface area contributed by atoms with E-state index >= 15 is 0 Å². The maximum Gasteiger partial charge on any atom is 0.138 e. The minimum absolute atomic E-state index is 0.454. The van der Waals surface area contributed by atoms with Crippen molar-refractivity contribution in [2.45, 2.75) is 6.54 Å². The van der Waals surface area contributed by atoms with Crippen molar-refractivity contribution in [3.05, 3.63) is 30.1 Å². The molecule has 0 radical (unpaired) electrons. The molecule has 0 spiro atoms. The molecule has 62 valence electrons. The number of nitrogen functional groups attached to an aromatic ring is 1. The highest BCUT2D eigenvalue weighted by molar-refractivity contribution is 5.49. The van der Waals surface area contributed by atoms with Gasteiger partial charge in [0.2, 0.25) is 0 Å². The third-order valence-electron chi connectivity index (χ3n) is 1.84. The van der Waals surface area contributed by atoms with Gasteiger partial charge in [-0.15, -0.1) is 0 Å².